The molecule has 154 valence electrons. The highest BCUT2D eigenvalue weighted by Crippen LogP contribution is 2.27. The highest BCUT2D eigenvalue weighted by Gasteiger charge is 2.17. The Bertz CT molecular complexity index is 1150. The van der Waals surface area contributed by atoms with Crippen LogP contribution in [0.1, 0.15) is 40.7 Å². The van der Waals surface area contributed by atoms with Gasteiger partial charge in [0.15, 0.2) is 18.9 Å². The number of nitrogens with one attached hydrogen (secondary N) is 1. The first-order chi connectivity index (χ1) is 14.6. The van der Waals surface area contributed by atoms with Gasteiger partial charge in [-0.3, -0.25) is 9.20 Å². The fourth-order valence-electron chi connectivity index (χ4n) is 3.65. The molecule has 0 atom stereocenters. The van der Waals surface area contributed by atoms with Crippen molar-refractivity contribution in [1.29, 1.82) is 0 Å². The van der Waals surface area contributed by atoms with Crippen LogP contribution in [-0.4, -0.2) is 27.0 Å². The summed E-state index contributed by atoms with van der Waals surface area (Å²) < 4.78 is 9.29. The maximum Gasteiger partial charge on any atom is 0.251 e. The van der Waals surface area contributed by atoms with Gasteiger partial charge >= 0.3 is 0 Å². The van der Waals surface area contributed by atoms with Crippen molar-refractivity contribution in [2.75, 3.05) is 6.54 Å². The van der Waals surface area contributed by atoms with Crippen molar-refractivity contribution in [2.45, 2.75) is 40.2 Å². The van der Waals surface area contributed by atoms with Crippen LogP contribution in [0.3, 0.4) is 0 Å². The number of amides is 1. The second kappa shape index (κ2) is 8.49. The fraction of sp³-hybridized carbons (Fsp3) is 0.304. The zero-order valence-corrected chi connectivity index (χ0v) is 17.6. The molecule has 0 aromatic carbocycles. The van der Waals surface area contributed by atoms with Crippen LogP contribution in [0.25, 0.3) is 16.9 Å². The normalized spacial score (nSPS) is 11.2. The smallest absolute Gasteiger partial charge is 0.251 e. The van der Waals surface area contributed by atoms with E-state index in [1.54, 1.807) is 18.3 Å². The first kappa shape index (κ1) is 19.8. The van der Waals surface area contributed by atoms with Crippen molar-refractivity contribution in [1.82, 2.24) is 19.9 Å². The van der Waals surface area contributed by atoms with E-state index in [4.69, 9.17) is 4.52 Å². The molecule has 4 aromatic rings. The highest BCUT2D eigenvalue weighted by molar-refractivity contribution is 5.95. The van der Waals surface area contributed by atoms with Crippen LogP contribution in [0.4, 0.5) is 0 Å². The van der Waals surface area contributed by atoms with Crippen LogP contribution in [0.5, 0.6) is 0 Å². The van der Waals surface area contributed by atoms with Gasteiger partial charge in [0.25, 0.3) is 5.91 Å². The lowest BCUT2D eigenvalue weighted by Gasteiger charge is -2.06. The second-order valence-corrected chi connectivity index (χ2v) is 7.44. The Morgan fingerprint density at radius 1 is 1.23 bits per heavy atom. The van der Waals surface area contributed by atoms with Crippen LogP contribution < -0.4 is 9.88 Å². The summed E-state index contributed by atoms with van der Waals surface area (Å²) in [6.45, 7) is 7.24. The Kier molecular flexibility index (Phi) is 5.61. The number of carbonyl (C=O) groups excluding carboxylic acids is 1. The largest absolute Gasteiger partial charge is 0.361 e. The van der Waals surface area contributed by atoms with E-state index in [0.29, 0.717) is 17.8 Å². The topological polar surface area (TPSA) is 76.3 Å². The van der Waals surface area contributed by atoms with Crippen LogP contribution in [-0.2, 0) is 13.0 Å². The van der Waals surface area contributed by atoms with Crippen LogP contribution in [0.2, 0.25) is 0 Å². The van der Waals surface area contributed by atoms with Gasteiger partial charge in [0, 0.05) is 23.9 Å². The first-order valence-corrected chi connectivity index (χ1v) is 10.2. The van der Waals surface area contributed by atoms with E-state index in [9.17, 15) is 4.79 Å². The summed E-state index contributed by atoms with van der Waals surface area (Å²) >= 11 is 0. The molecule has 0 saturated heterocycles. The molecule has 0 aliphatic rings. The second-order valence-electron chi connectivity index (χ2n) is 7.44. The summed E-state index contributed by atoms with van der Waals surface area (Å²) in [7, 11) is 0. The SMILES string of the molecule is CCCc1cc[n+](CCNC(=O)c2ccn3c(-c4c(C)noc4C)cnc3c2)cc1. The highest BCUT2D eigenvalue weighted by atomic mass is 16.5. The van der Waals surface area contributed by atoms with Crippen molar-refractivity contribution >= 4 is 11.6 Å². The summed E-state index contributed by atoms with van der Waals surface area (Å²) in [4.78, 5) is 17.0. The first-order valence-electron chi connectivity index (χ1n) is 10.2. The number of imidazole rings is 1. The summed E-state index contributed by atoms with van der Waals surface area (Å²) in [5, 5.41) is 7.00. The predicted molar refractivity (Wildman–Crippen MR) is 113 cm³/mol. The lowest BCUT2D eigenvalue weighted by atomic mass is 10.1. The quantitative estimate of drug-likeness (QED) is 0.480. The minimum atomic E-state index is -0.109. The van der Waals surface area contributed by atoms with E-state index >= 15 is 0 Å². The standard InChI is InChI=1S/C23H25N5O2/c1-4-5-18-6-10-27(11-7-18)13-9-24-23(29)19-8-12-28-20(15-25-21(28)14-19)22-16(2)26-30-17(22)3/h6-8,10-12,14-15H,4-5,9,13H2,1-3H3/p+1. The number of nitrogens with zero attached hydrogens (tertiary/aromatic N) is 4. The number of hydrogen-bond donors (Lipinski definition) is 1. The van der Waals surface area contributed by atoms with Crippen molar-refractivity contribution in [3.8, 4) is 11.3 Å². The summed E-state index contributed by atoms with van der Waals surface area (Å²) in [6.07, 6.45) is 9.99. The van der Waals surface area contributed by atoms with Crippen LogP contribution in [0.15, 0.2) is 53.6 Å². The van der Waals surface area contributed by atoms with Crippen LogP contribution in [0, 0.1) is 13.8 Å². The van der Waals surface area contributed by atoms with Crippen molar-refractivity contribution in [3.05, 3.63) is 71.6 Å². The van der Waals surface area contributed by atoms with Crippen molar-refractivity contribution < 1.29 is 13.9 Å². The Labute approximate surface area is 175 Å². The zero-order valence-electron chi connectivity index (χ0n) is 17.6. The molecule has 0 bridgehead atoms. The number of pyridine rings is 2. The van der Waals surface area contributed by atoms with E-state index in [0.717, 1.165) is 42.1 Å². The number of aromatic nitrogens is 4. The molecular formula is C23H26N5O2+. The summed E-state index contributed by atoms with van der Waals surface area (Å²) in [5.74, 6) is 0.638. The minimum Gasteiger partial charge on any atom is -0.361 e. The average molecular weight is 404 g/mol. The molecule has 1 N–H and O–H groups in total. The van der Waals surface area contributed by atoms with Gasteiger partial charge in [-0.25, -0.2) is 9.55 Å². The van der Waals surface area contributed by atoms with E-state index in [1.165, 1.54) is 5.56 Å². The lowest BCUT2D eigenvalue weighted by molar-refractivity contribution is -0.694. The van der Waals surface area contributed by atoms with Gasteiger partial charge in [0.2, 0.25) is 0 Å². The van der Waals surface area contributed by atoms with Crippen molar-refractivity contribution in [3.63, 3.8) is 0 Å². The van der Waals surface area contributed by atoms with Gasteiger partial charge in [-0.15, -0.1) is 0 Å². The number of fused-ring (bicyclic) bond motifs is 1. The molecule has 7 heteroatoms. The van der Waals surface area contributed by atoms with Crippen molar-refractivity contribution in [2.24, 2.45) is 0 Å². The average Bonchev–Trinajstić information content (AvgIpc) is 3.31. The Morgan fingerprint density at radius 3 is 2.73 bits per heavy atom. The number of hydrogen-bond acceptors (Lipinski definition) is 4. The van der Waals surface area contributed by atoms with E-state index in [-0.39, 0.29) is 5.91 Å². The maximum absolute atomic E-state index is 12.6. The van der Waals surface area contributed by atoms with Gasteiger partial charge in [-0.2, -0.15) is 0 Å². The minimum absolute atomic E-state index is 0.109. The molecule has 0 aliphatic heterocycles. The monoisotopic (exact) mass is 404 g/mol. The molecule has 0 unspecified atom stereocenters. The van der Waals surface area contributed by atoms with Gasteiger partial charge in [0.1, 0.15) is 11.4 Å². The third-order valence-corrected chi connectivity index (χ3v) is 5.22. The molecule has 4 aromatic heterocycles. The molecule has 4 heterocycles. The molecule has 7 nitrogen and oxygen atoms in total. The van der Waals surface area contributed by atoms with Gasteiger partial charge in [0.05, 0.1) is 29.7 Å². The zero-order chi connectivity index (χ0) is 21.1. The van der Waals surface area contributed by atoms with E-state index in [1.807, 2.05) is 24.4 Å². The predicted octanol–water partition coefficient (Wildman–Crippen LogP) is 3.28. The van der Waals surface area contributed by atoms with Gasteiger partial charge in [-0.1, -0.05) is 18.5 Å². The molecule has 0 aliphatic carbocycles. The number of carbonyl (C=O) groups is 1. The Hall–Kier alpha value is -3.48. The number of rotatable bonds is 7. The lowest BCUT2D eigenvalue weighted by Crippen LogP contribution is -2.40. The Morgan fingerprint density at radius 2 is 2.03 bits per heavy atom. The molecular weight excluding hydrogens is 378 g/mol. The molecule has 0 spiro atoms. The molecule has 30 heavy (non-hydrogen) atoms. The number of aryl methyl sites for hydroxylation is 3. The third kappa shape index (κ3) is 3.96. The molecule has 0 fully saturated rings. The van der Waals surface area contributed by atoms with Gasteiger partial charge < -0.3 is 9.84 Å². The van der Waals surface area contributed by atoms with E-state index < -0.39 is 0 Å². The summed E-state index contributed by atoms with van der Waals surface area (Å²) in [5.41, 5.74) is 5.27. The molecule has 0 radical (unpaired) electrons. The van der Waals surface area contributed by atoms with Gasteiger partial charge in [-0.05, 0) is 38.0 Å². The molecule has 0 saturated carbocycles. The van der Waals surface area contributed by atoms with Crippen LogP contribution >= 0.6 is 0 Å². The molecule has 4 rings (SSSR count). The van der Waals surface area contributed by atoms with E-state index in [2.05, 4.69) is 51.5 Å². The Balaban J connectivity index is 1.42. The summed E-state index contributed by atoms with van der Waals surface area (Å²) in [6, 6.07) is 7.87. The fourth-order valence-corrected chi connectivity index (χ4v) is 3.65. The third-order valence-electron chi connectivity index (χ3n) is 5.22. The molecule has 1 amide bonds. The maximum atomic E-state index is 12.6.